The Hall–Kier alpha value is -0.430. The first-order valence-electron chi connectivity index (χ1n) is 7.41. The van der Waals surface area contributed by atoms with Crippen LogP contribution in [0.25, 0.3) is 0 Å². The van der Waals surface area contributed by atoms with Gasteiger partial charge in [0, 0.05) is 24.6 Å². The zero-order chi connectivity index (χ0) is 14.2. The van der Waals surface area contributed by atoms with E-state index < -0.39 is 0 Å². The average Bonchev–Trinajstić information content (AvgIpc) is 2.39. The first-order chi connectivity index (χ1) is 9.74. The molecular weight excluding hydrogens is 393 g/mol. The zero-order valence-corrected chi connectivity index (χ0v) is 15.8. The summed E-state index contributed by atoms with van der Waals surface area (Å²) in [4.78, 5) is 4.39. The van der Waals surface area contributed by atoms with Crippen LogP contribution in [0.1, 0.15) is 30.4 Å². The van der Waals surface area contributed by atoms with Gasteiger partial charge in [-0.1, -0.05) is 36.2 Å². The van der Waals surface area contributed by atoms with E-state index in [1.54, 1.807) is 0 Å². The highest BCUT2D eigenvalue weighted by atomic mass is 127. The Labute approximate surface area is 149 Å². The molecule has 1 fully saturated rings. The smallest absolute Gasteiger partial charge is 0.188 e. The summed E-state index contributed by atoms with van der Waals surface area (Å²) >= 11 is 1.92. The maximum absolute atomic E-state index is 5.84. The van der Waals surface area contributed by atoms with Gasteiger partial charge in [-0.2, -0.15) is 11.8 Å². The minimum Gasteiger partial charge on any atom is -0.370 e. The summed E-state index contributed by atoms with van der Waals surface area (Å²) in [6, 6.07) is 8.73. The standard InChI is InChI=1S/C16H25N3S.HI/c1-13-5-7-15(8-6-13)12-20-10-9-18-16(17)19-11-14-3-2-4-14;/h5-8,14H,2-4,9-12H2,1H3,(H3,17,18,19);1H. The SMILES string of the molecule is Cc1ccc(CSCCNC(N)=NCC2CCC2)cc1.I. The van der Waals surface area contributed by atoms with Crippen molar-refractivity contribution in [1.82, 2.24) is 5.32 Å². The molecule has 2 rings (SSSR count). The maximum atomic E-state index is 5.84. The van der Waals surface area contributed by atoms with Gasteiger partial charge in [0.2, 0.25) is 0 Å². The van der Waals surface area contributed by atoms with Crippen molar-refractivity contribution in [3.8, 4) is 0 Å². The van der Waals surface area contributed by atoms with Crippen LogP contribution >= 0.6 is 35.7 Å². The summed E-state index contributed by atoms with van der Waals surface area (Å²) in [5.74, 6) is 3.49. The molecule has 1 aliphatic carbocycles. The van der Waals surface area contributed by atoms with Crippen molar-refractivity contribution in [2.24, 2.45) is 16.6 Å². The Bertz CT molecular complexity index is 430. The normalized spacial score (nSPS) is 15.2. The Morgan fingerprint density at radius 3 is 2.67 bits per heavy atom. The second-order valence-electron chi connectivity index (χ2n) is 5.49. The van der Waals surface area contributed by atoms with Gasteiger partial charge in [0.05, 0.1) is 0 Å². The van der Waals surface area contributed by atoms with Crippen molar-refractivity contribution < 1.29 is 0 Å². The number of benzene rings is 1. The van der Waals surface area contributed by atoms with E-state index in [2.05, 4.69) is 41.5 Å². The van der Waals surface area contributed by atoms with Crippen molar-refractivity contribution in [3.63, 3.8) is 0 Å². The number of guanidine groups is 1. The van der Waals surface area contributed by atoms with E-state index in [1.165, 1.54) is 30.4 Å². The molecular formula is C16H26IN3S. The topological polar surface area (TPSA) is 50.4 Å². The lowest BCUT2D eigenvalue weighted by atomic mass is 9.86. The van der Waals surface area contributed by atoms with Crippen molar-refractivity contribution in [3.05, 3.63) is 35.4 Å². The van der Waals surface area contributed by atoms with Gasteiger partial charge in [-0.3, -0.25) is 4.99 Å². The molecule has 21 heavy (non-hydrogen) atoms. The van der Waals surface area contributed by atoms with E-state index in [4.69, 9.17) is 5.73 Å². The number of nitrogens with one attached hydrogen (secondary N) is 1. The number of hydrogen-bond donors (Lipinski definition) is 2. The quantitative estimate of drug-likeness (QED) is 0.308. The number of halogens is 1. The Balaban J connectivity index is 0.00000220. The predicted octanol–water partition coefficient (Wildman–Crippen LogP) is 3.55. The molecule has 1 aromatic rings. The number of nitrogens with two attached hydrogens (primary N) is 1. The molecule has 118 valence electrons. The molecule has 0 unspecified atom stereocenters. The van der Waals surface area contributed by atoms with Crippen molar-refractivity contribution >= 4 is 41.7 Å². The summed E-state index contributed by atoms with van der Waals surface area (Å²) in [6.45, 7) is 3.90. The Morgan fingerprint density at radius 2 is 2.05 bits per heavy atom. The first-order valence-corrected chi connectivity index (χ1v) is 8.56. The average molecular weight is 419 g/mol. The Kier molecular flexibility index (Phi) is 9.15. The molecule has 0 heterocycles. The molecule has 3 nitrogen and oxygen atoms in total. The summed E-state index contributed by atoms with van der Waals surface area (Å²) < 4.78 is 0. The Morgan fingerprint density at radius 1 is 1.33 bits per heavy atom. The molecule has 0 spiro atoms. The lowest BCUT2D eigenvalue weighted by molar-refractivity contribution is 0.326. The molecule has 1 saturated carbocycles. The number of aliphatic imine (C=N–C) groups is 1. The van der Waals surface area contributed by atoms with Crippen LogP contribution < -0.4 is 11.1 Å². The number of rotatable bonds is 7. The molecule has 0 aliphatic heterocycles. The van der Waals surface area contributed by atoms with Gasteiger partial charge in [-0.15, -0.1) is 24.0 Å². The van der Waals surface area contributed by atoms with Crippen molar-refractivity contribution in [2.75, 3.05) is 18.8 Å². The van der Waals surface area contributed by atoms with E-state index in [0.717, 1.165) is 30.5 Å². The summed E-state index contributed by atoms with van der Waals surface area (Å²) in [5.41, 5.74) is 8.54. The van der Waals surface area contributed by atoms with E-state index in [0.29, 0.717) is 5.96 Å². The summed E-state index contributed by atoms with van der Waals surface area (Å²) in [5, 5.41) is 3.19. The van der Waals surface area contributed by atoms with Crippen molar-refractivity contribution in [1.29, 1.82) is 0 Å². The summed E-state index contributed by atoms with van der Waals surface area (Å²) in [7, 11) is 0. The third-order valence-electron chi connectivity index (χ3n) is 3.69. The third kappa shape index (κ3) is 7.40. The fraction of sp³-hybridized carbons (Fsp3) is 0.562. The number of aryl methyl sites for hydroxylation is 1. The van der Waals surface area contributed by atoms with Crippen LogP contribution in [-0.4, -0.2) is 24.8 Å². The molecule has 5 heteroatoms. The van der Waals surface area contributed by atoms with E-state index in [-0.39, 0.29) is 24.0 Å². The minimum absolute atomic E-state index is 0. The maximum Gasteiger partial charge on any atom is 0.188 e. The zero-order valence-electron chi connectivity index (χ0n) is 12.7. The van der Waals surface area contributed by atoms with Gasteiger partial charge in [0.15, 0.2) is 5.96 Å². The van der Waals surface area contributed by atoms with Crippen LogP contribution in [0, 0.1) is 12.8 Å². The molecule has 0 saturated heterocycles. The van der Waals surface area contributed by atoms with Crippen LogP contribution in [0.5, 0.6) is 0 Å². The fourth-order valence-corrected chi connectivity index (χ4v) is 2.90. The summed E-state index contributed by atoms with van der Waals surface area (Å²) in [6.07, 6.45) is 4.01. The molecule has 0 aromatic heterocycles. The number of hydrogen-bond acceptors (Lipinski definition) is 2. The van der Waals surface area contributed by atoms with Gasteiger partial charge in [-0.25, -0.2) is 0 Å². The molecule has 3 N–H and O–H groups in total. The molecule has 0 atom stereocenters. The predicted molar refractivity (Wildman–Crippen MR) is 105 cm³/mol. The number of nitrogens with zero attached hydrogens (tertiary/aromatic N) is 1. The van der Waals surface area contributed by atoms with Gasteiger partial charge in [0.1, 0.15) is 0 Å². The fourth-order valence-electron chi connectivity index (χ4n) is 2.08. The lowest BCUT2D eigenvalue weighted by Gasteiger charge is -2.23. The molecule has 0 radical (unpaired) electrons. The minimum atomic E-state index is 0. The lowest BCUT2D eigenvalue weighted by Crippen LogP contribution is -2.34. The third-order valence-corrected chi connectivity index (χ3v) is 4.72. The van der Waals surface area contributed by atoms with Gasteiger partial charge >= 0.3 is 0 Å². The monoisotopic (exact) mass is 419 g/mol. The highest BCUT2D eigenvalue weighted by molar-refractivity contribution is 14.0. The van der Waals surface area contributed by atoms with Gasteiger partial charge < -0.3 is 11.1 Å². The molecule has 0 amide bonds. The molecule has 1 aromatic carbocycles. The second-order valence-corrected chi connectivity index (χ2v) is 6.59. The molecule has 0 bridgehead atoms. The van der Waals surface area contributed by atoms with E-state index in [9.17, 15) is 0 Å². The van der Waals surface area contributed by atoms with Crippen molar-refractivity contribution in [2.45, 2.75) is 31.9 Å². The molecule has 1 aliphatic rings. The van der Waals surface area contributed by atoms with Gasteiger partial charge in [0.25, 0.3) is 0 Å². The van der Waals surface area contributed by atoms with Crippen LogP contribution in [0.4, 0.5) is 0 Å². The highest BCUT2D eigenvalue weighted by Crippen LogP contribution is 2.26. The number of thioether (sulfide) groups is 1. The van der Waals surface area contributed by atoms with Crippen LogP contribution in [-0.2, 0) is 5.75 Å². The van der Waals surface area contributed by atoms with Gasteiger partial charge in [-0.05, 0) is 31.2 Å². The van der Waals surface area contributed by atoms with Crippen LogP contribution in [0.2, 0.25) is 0 Å². The largest absolute Gasteiger partial charge is 0.370 e. The highest BCUT2D eigenvalue weighted by Gasteiger charge is 2.16. The second kappa shape index (κ2) is 10.3. The first kappa shape index (κ1) is 18.6. The van der Waals surface area contributed by atoms with Crippen LogP contribution in [0.3, 0.4) is 0 Å². The van der Waals surface area contributed by atoms with Crippen LogP contribution in [0.15, 0.2) is 29.3 Å². The van der Waals surface area contributed by atoms with E-state index >= 15 is 0 Å². The van der Waals surface area contributed by atoms with E-state index in [1.807, 2.05) is 11.8 Å².